The second-order valence-electron chi connectivity index (χ2n) is 4.23. The highest BCUT2D eigenvalue weighted by atomic mass is 32.1. The van der Waals surface area contributed by atoms with Gasteiger partial charge >= 0.3 is 0 Å². The molecule has 19 heavy (non-hydrogen) atoms. The van der Waals surface area contributed by atoms with Gasteiger partial charge in [-0.1, -0.05) is 0 Å². The molecule has 0 unspecified atom stereocenters. The first-order valence-electron chi connectivity index (χ1n) is 6.24. The van der Waals surface area contributed by atoms with E-state index in [1.807, 2.05) is 0 Å². The lowest BCUT2D eigenvalue weighted by atomic mass is 10.3. The first kappa shape index (κ1) is 14.6. The summed E-state index contributed by atoms with van der Waals surface area (Å²) in [6.45, 7) is 2.43. The van der Waals surface area contributed by atoms with Gasteiger partial charge in [-0.05, 0) is 17.9 Å². The van der Waals surface area contributed by atoms with Crippen molar-refractivity contribution < 1.29 is 10.2 Å². The molecule has 0 fully saturated rings. The average molecular weight is 298 g/mol. The molecule has 2 N–H and O–H groups in total. The van der Waals surface area contributed by atoms with Crippen molar-refractivity contribution in [2.45, 2.75) is 13.0 Å². The van der Waals surface area contributed by atoms with Crippen molar-refractivity contribution in [3.8, 4) is 10.6 Å². The molecule has 0 amide bonds. The van der Waals surface area contributed by atoms with E-state index in [0.29, 0.717) is 6.54 Å². The van der Waals surface area contributed by atoms with Crippen LogP contribution >= 0.6 is 22.7 Å². The zero-order valence-corrected chi connectivity index (χ0v) is 12.3. The number of thiophene rings is 1. The van der Waals surface area contributed by atoms with Gasteiger partial charge in [-0.2, -0.15) is 11.3 Å². The Morgan fingerprint density at radius 3 is 2.74 bits per heavy atom. The molecular formula is C13H18N2O2S2. The molecule has 104 valence electrons. The summed E-state index contributed by atoms with van der Waals surface area (Å²) in [4.78, 5) is 6.74. The molecule has 0 aliphatic carbocycles. The maximum absolute atomic E-state index is 9.05. The van der Waals surface area contributed by atoms with E-state index in [9.17, 15) is 0 Å². The van der Waals surface area contributed by atoms with Crippen LogP contribution in [0, 0.1) is 0 Å². The van der Waals surface area contributed by atoms with E-state index in [1.54, 1.807) is 22.7 Å². The minimum Gasteiger partial charge on any atom is -0.396 e. The number of aliphatic hydroxyl groups is 2. The molecule has 2 aromatic heterocycles. The minimum atomic E-state index is 0.132. The van der Waals surface area contributed by atoms with Crippen molar-refractivity contribution >= 4 is 22.7 Å². The van der Waals surface area contributed by atoms with Crippen LogP contribution in [-0.4, -0.2) is 46.4 Å². The van der Waals surface area contributed by atoms with E-state index in [0.717, 1.165) is 30.2 Å². The highest BCUT2D eigenvalue weighted by Gasteiger charge is 2.09. The third kappa shape index (κ3) is 4.36. The fourth-order valence-corrected chi connectivity index (χ4v) is 3.36. The summed E-state index contributed by atoms with van der Waals surface area (Å²) in [7, 11) is 0. The van der Waals surface area contributed by atoms with Crippen molar-refractivity contribution in [3.05, 3.63) is 27.9 Å². The van der Waals surface area contributed by atoms with Crippen LogP contribution in [0.2, 0.25) is 0 Å². The molecule has 0 aliphatic heterocycles. The van der Waals surface area contributed by atoms with Gasteiger partial charge in [0.25, 0.3) is 0 Å². The van der Waals surface area contributed by atoms with Crippen LogP contribution < -0.4 is 0 Å². The first-order chi connectivity index (χ1) is 9.33. The summed E-state index contributed by atoms with van der Waals surface area (Å²) in [6, 6.07) is 2.07. The number of hydrogen-bond donors (Lipinski definition) is 2. The molecule has 4 nitrogen and oxygen atoms in total. The second-order valence-corrected chi connectivity index (χ2v) is 5.87. The van der Waals surface area contributed by atoms with Crippen molar-refractivity contribution in [1.29, 1.82) is 0 Å². The molecule has 2 heterocycles. The number of rotatable bonds is 8. The van der Waals surface area contributed by atoms with E-state index in [-0.39, 0.29) is 13.2 Å². The minimum absolute atomic E-state index is 0.132. The van der Waals surface area contributed by atoms with Crippen molar-refractivity contribution in [3.63, 3.8) is 0 Å². The smallest absolute Gasteiger partial charge is 0.124 e. The molecule has 0 atom stereocenters. The van der Waals surface area contributed by atoms with E-state index < -0.39 is 0 Å². The summed E-state index contributed by atoms with van der Waals surface area (Å²) >= 11 is 3.32. The molecule has 6 heteroatoms. The number of aliphatic hydroxyl groups excluding tert-OH is 2. The Labute approximate surface area is 121 Å². The quantitative estimate of drug-likeness (QED) is 0.783. The van der Waals surface area contributed by atoms with Gasteiger partial charge in [0.1, 0.15) is 5.01 Å². The van der Waals surface area contributed by atoms with Gasteiger partial charge in [0, 0.05) is 42.6 Å². The molecule has 0 bridgehead atoms. The van der Waals surface area contributed by atoms with Crippen LogP contribution in [0.25, 0.3) is 10.6 Å². The van der Waals surface area contributed by atoms with Gasteiger partial charge < -0.3 is 10.2 Å². The van der Waals surface area contributed by atoms with Crippen molar-refractivity contribution in [2.75, 3.05) is 26.3 Å². The molecule has 0 spiro atoms. The Morgan fingerprint density at radius 1 is 1.16 bits per heavy atom. The third-order valence-electron chi connectivity index (χ3n) is 2.75. The highest BCUT2D eigenvalue weighted by molar-refractivity contribution is 7.14. The van der Waals surface area contributed by atoms with Crippen LogP contribution in [0.5, 0.6) is 0 Å². The number of nitrogens with zero attached hydrogens (tertiary/aromatic N) is 2. The van der Waals surface area contributed by atoms with Gasteiger partial charge in [0.2, 0.25) is 0 Å². The molecule has 2 aromatic rings. The SMILES string of the molecule is OCCCN(CCO)Cc1csc(-c2ccsc2)n1. The highest BCUT2D eigenvalue weighted by Crippen LogP contribution is 2.26. The van der Waals surface area contributed by atoms with Crippen molar-refractivity contribution in [2.24, 2.45) is 0 Å². The Bertz CT molecular complexity index is 471. The summed E-state index contributed by atoms with van der Waals surface area (Å²) in [5.41, 5.74) is 2.20. The van der Waals surface area contributed by atoms with Crippen LogP contribution in [0.15, 0.2) is 22.2 Å². The van der Waals surface area contributed by atoms with Crippen molar-refractivity contribution in [1.82, 2.24) is 9.88 Å². The Hall–Kier alpha value is -0.790. The Balaban J connectivity index is 1.97. The summed E-state index contributed by atoms with van der Waals surface area (Å²) in [5, 5.41) is 25.2. The zero-order chi connectivity index (χ0) is 13.5. The lowest BCUT2D eigenvalue weighted by Crippen LogP contribution is -2.28. The Kier molecular flexibility index (Phi) is 5.93. The third-order valence-corrected chi connectivity index (χ3v) is 4.38. The number of thiazole rings is 1. The molecule has 2 rings (SSSR count). The predicted molar refractivity (Wildman–Crippen MR) is 79.5 cm³/mol. The monoisotopic (exact) mass is 298 g/mol. The van der Waals surface area contributed by atoms with Gasteiger partial charge in [-0.15, -0.1) is 11.3 Å². The standard InChI is InChI=1S/C13H18N2O2S2/c16-5-1-3-15(4-6-17)8-12-10-19-13(14-12)11-2-7-18-9-11/h2,7,9-10,16-17H,1,3-6,8H2. The normalized spacial score (nSPS) is 11.3. The maximum atomic E-state index is 9.05. The van der Waals surface area contributed by atoms with E-state index >= 15 is 0 Å². The predicted octanol–water partition coefficient (Wildman–Crippen LogP) is 2.05. The van der Waals surface area contributed by atoms with Crippen LogP contribution in [-0.2, 0) is 6.54 Å². The molecule has 0 aliphatic rings. The maximum Gasteiger partial charge on any atom is 0.124 e. The van der Waals surface area contributed by atoms with Gasteiger partial charge in [-0.25, -0.2) is 4.98 Å². The van der Waals surface area contributed by atoms with Gasteiger partial charge in [0.05, 0.1) is 12.3 Å². The fraction of sp³-hybridized carbons (Fsp3) is 0.462. The summed E-state index contributed by atoms with van der Waals surface area (Å²) < 4.78 is 0. The number of hydrogen-bond acceptors (Lipinski definition) is 6. The van der Waals surface area contributed by atoms with Crippen LogP contribution in [0.3, 0.4) is 0 Å². The molecule has 0 radical (unpaired) electrons. The van der Waals surface area contributed by atoms with Crippen LogP contribution in [0.4, 0.5) is 0 Å². The second kappa shape index (κ2) is 7.72. The summed E-state index contributed by atoms with van der Waals surface area (Å²) in [5.74, 6) is 0. The first-order valence-corrected chi connectivity index (χ1v) is 8.06. The van der Waals surface area contributed by atoms with E-state index in [4.69, 9.17) is 10.2 Å². The topological polar surface area (TPSA) is 56.6 Å². The number of aromatic nitrogens is 1. The molecule has 0 saturated carbocycles. The Morgan fingerprint density at radius 2 is 2.05 bits per heavy atom. The van der Waals surface area contributed by atoms with E-state index in [1.165, 1.54) is 5.56 Å². The summed E-state index contributed by atoms with van der Waals surface area (Å²) in [6.07, 6.45) is 0.724. The lowest BCUT2D eigenvalue weighted by Gasteiger charge is -2.19. The zero-order valence-electron chi connectivity index (χ0n) is 10.7. The van der Waals surface area contributed by atoms with Crippen LogP contribution in [0.1, 0.15) is 12.1 Å². The average Bonchev–Trinajstić information content (AvgIpc) is 3.06. The molecule has 0 saturated heterocycles. The lowest BCUT2D eigenvalue weighted by molar-refractivity contribution is 0.173. The fourth-order valence-electron chi connectivity index (χ4n) is 1.83. The van der Waals surface area contributed by atoms with E-state index in [2.05, 4.69) is 32.1 Å². The van der Waals surface area contributed by atoms with Gasteiger partial charge in [-0.3, -0.25) is 4.90 Å². The molecule has 0 aromatic carbocycles. The largest absolute Gasteiger partial charge is 0.396 e. The van der Waals surface area contributed by atoms with Gasteiger partial charge in [0.15, 0.2) is 0 Å². The molecular weight excluding hydrogens is 280 g/mol.